The number of nitrogens with zero attached hydrogens (tertiary/aromatic N) is 1. The van der Waals surface area contributed by atoms with Crippen LogP contribution < -0.4 is 5.32 Å². The molecule has 0 aromatic heterocycles. The lowest BCUT2D eigenvalue weighted by atomic mass is 9.98. The van der Waals surface area contributed by atoms with Crippen molar-refractivity contribution in [2.75, 3.05) is 32.8 Å². The summed E-state index contributed by atoms with van der Waals surface area (Å²) in [5.74, 6) is -0.969. The van der Waals surface area contributed by atoms with Gasteiger partial charge in [0.15, 0.2) is 0 Å². The topological polar surface area (TPSA) is 52.6 Å². The Hall–Kier alpha value is -1.53. The van der Waals surface area contributed by atoms with Crippen molar-refractivity contribution < 1.29 is 18.7 Å². The Balaban J connectivity index is 1.70. The second-order valence-corrected chi connectivity index (χ2v) is 5.70. The van der Waals surface area contributed by atoms with E-state index in [1.807, 2.05) is 4.90 Å². The van der Waals surface area contributed by atoms with Gasteiger partial charge in [0.1, 0.15) is 11.6 Å². The van der Waals surface area contributed by atoms with Gasteiger partial charge in [0, 0.05) is 18.7 Å². The zero-order valence-corrected chi connectivity index (χ0v) is 12.5. The Morgan fingerprint density at radius 1 is 1.27 bits per heavy atom. The van der Waals surface area contributed by atoms with Crippen LogP contribution in [-0.2, 0) is 11.2 Å². The van der Waals surface area contributed by atoms with E-state index in [0.717, 1.165) is 25.9 Å². The largest absolute Gasteiger partial charge is 0.396 e. The highest BCUT2D eigenvalue weighted by molar-refractivity contribution is 5.78. The molecule has 2 N–H and O–H groups in total. The van der Waals surface area contributed by atoms with Gasteiger partial charge in [0.05, 0.1) is 6.54 Å². The number of hydrogen-bond acceptors (Lipinski definition) is 3. The number of rotatable bonds is 6. The monoisotopic (exact) mass is 312 g/mol. The molecule has 0 saturated carbocycles. The van der Waals surface area contributed by atoms with Crippen molar-refractivity contribution in [3.8, 4) is 0 Å². The number of carbonyl (C=O) groups is 1. The van der Waals surface area contributed by atoms with Gasteiger partial charge < -0.3 is 10.4 Å². The molecule has 0 aliphatic carbocycles. The summed E-state index contributed by atoms with van der Waals surface area (Å²) in [5.41, 5.74) is 0.00607. The first-order valence-corrected chi connectivity index (χ1v) is 7.63. The molecular weight excluding hydrogens is 290 g/mol. The molecule has 4 nitrogen and oxygen atoms in total. The first-order chi connectivity index (χ1) is 10.6. The fourth-order valence-electron chi connectivity index (χ4n) is 2.68. The SMILES string of the molecule is O=C(CN1CCC(CO)CC1)NCCc1c(F)cccc1F. The molecule has 0 spiro atoms. The number of benzene rings is 1. The summed E-state index contributed by atoms with van der Waals surface area (Å²) in [6.07, 6.45) is 1.92. The summed E-state index contributed by atoms with van der Waals surface area (Å²) in [7, 11) is 0. The molecule has 1 aliphatic rings. The number of aliphatic hydroxyl groups is 1. The maximum absolute atomic E-state index is 13.4. The Morgan fingerprint density at radius 3 is 2.50 bits per heavy atom. The van der Waals surface area contributed by atoms with E-state index in [1.54, 1.807) is 0 Å². The maximum atomic E-state index is 13.4. The minimum atomic E-state index is -0.583. The minimum absolute atomic E-state index is 0.00607. The zero-order chi connectivity index (χ0) is 15.9. The lowest BCUT2D eigenvalue weighted by Gasteiger charge is -2.30. The maximum Gasteiger partial charge on any atom is 0.234 e. The minimum Gasteiger partial charge on any atom is -0.396 e. The Bertz CT molecular complexity index is 483. The molecule has 22 heavy (non-hydrogen) atoms. The van der Waals surface area contributed by atoms with E-state index >= 15 is 0 Å². The number of likely N-dealkylation sites (tertiary alicyclic amines) is 1. The van der Waals surface area contributed by atoms with Crippen molar-refractivity contribution in [2.45, 2.75) is 19.3 Å². The molecule has 0 unspecified atom stereocenters. The molecule has 6 heteroatoms. The first kappa shape index (κ1) is 16.8. The molecule has 1 amide bonds. The van der Waals surface area contributed by atoms with E-state index in [-0.39, 0.29) is 37.6 Å². The number of hydrogen-bond donors (Lipinski definition) is 2. The third-order valence-corrected chi connectivity index (χ3v) is 4.09. The van der Waals surface area contributed by atoms with Crippen LogP contribution in [-0.4, -0.2) is 48.7 Å². The highest BCUT2D eigenvalue weighted by atomic mass is 19.1. The fourth-order valence-corrected chi connectivity index (χ4v) is 2.68. The van der Waals surface area contributed by atoms with Gasteiger partial charge in [-0.25, -0.2) is 8.78 Å². The van der Waals surface area contributed by atoms with Crippen LogP contribution in [0.2, 0.25) is 0 Å². The number of piperidine rings is 1. The molecule has 2 rings (SSSR count). The highest BCUT2D eigenvalue weighted by Crippen LogP contribution is 2.16. The predicted octanol–water partition coefficient (Wildman–Crippen LogP) is 1.33. The quantitative estimate of drug-likeness (QED) is 0.833. The van der Waals surface area contributed by atoms with Crippen LogP contribution in [0.3, 0.4) is 0 Å². The fraction of sp³-hybridized carbons (Fsp3) is 0.562. The molecule has 0 bridgehead atoms. The van der Waals surface area contributed by atoms with Crippen LogP contribution >= 0.6 is 0 Å². The molecule has 122 valence electrons. The third-order valence-electron chi connectivity index (χ3n) is 4.09. The Labute approximate surface area is 129 Å². The van der Waals surface area contributed by atoms with Gasteiger partial charge in [-0.1, -0.05) is 6.07 Å². The van der Waals surface area contributed by atoms with Gasteiger partial charge in [-0.05, 0) is 50.4 Å². The summed E-state index contributed by atoms with van der Waals surface area (Å²) in [4.78, 5) is 13.9. The number of carbonyl (C=O) groups excluding carboxylic acids is 1. The van der Waals surface area contributed by atoms with Crippen molar-refractivity contribution in [2.24, 2.45) is 5.92 Å². The molecule has 1 heterocycles. The molecule has 0 radical (unpaired) electrons. The summed E-state index contributed by atoms with van der Waals surface area (Å²) in [5, 5.41) is 11.8. The molecule has 1 saturated heterocycles. The lowest BCUT2D eigenvalue weighted by Crippen LogP contribution is -2.42. The first-order valence-electron chi connectivity index (χ1n) is 7.63. The van der Waals surface area contributed by atoms with E-state index < -0.39 is 11.6 Å². The summed E-state index contributed by atoms with van der Waals surface area (Å²) < 4.78 is 26.9. The van der Waals surface area contributed by atoms with Gasteiger partial charge in [0.2, 0.25) is 5.91 Å². The van der Waals surface area contributed by atoms with Gasteiger partial charge in [-0.3, -0.25) is 9.69 Å². The van der Waals surface area contributed by atoms with Gasteiger partial charge in [-0.15, -0.1) is 0 Å². The van der Waals surface area contributed by atoms with Gasteiger partial charge in [0.25, 0.3) is 0 Å². The van der Waals surface area contributed by atoms with Crippen molar-refractivity contribution in [1.82, 2.24) is 10.2 Å². The molecule has 1 aromatic rings. The van der Waals surface area contributed by atoms with Crippen LogP contribution in [0.25, 0.3) is 0 Å². The number of halogens is 2. The van der Waals surface area contributed by atoms with Crippen molar-refractivity contribution in [3.05, 3.63) is 35.4 Å². The van der Waals surface area contributed by atoms with E-state index in [9.17, 15) is 13.6 Å². The van der Waals surface area contributed by atoms with Crippen molar-refractivity contribution in [3.63, 3.8) is 0 Å². The number of aliphatic hydroxyl groups excluding tert-OH is 1. The molecular formula is C16H22F2N2O2. The van der Waals surface area contributed by atoms with Crippen LogP contribution in [0.15, 0.2) is 18.2 Å². The van der Waals surface area contributed by atoms with Crippen LogP contribution in [0.1, 0.15) is 18.4 Å². The van der Waals surface area contributed by atoms with E-state index in [4.69, 9.17) is 5.11 Å². The average Bonchev–Trinajstić information content (AvgIpc) is 2.51. The summed E-state index contributed by atoms with van der Waals surface area (Å²) in [6, 6.07) is 3.75. The van der Waals surface area contributed by atoms with Gasteiger partial charge >= 0.3 is 0 Å². The predicted molar refractivity (Wildman–Crippen MR) is 79.3 cm³/mol. The smallest absolute Gasteiger partial charge is 0.234 e. The molecule has 1 fully saturated rings. The zero-order valence-electron chi connectivity index (χ0n) is 12.5. The highest BCUT2D eigenvalue weighted by Gasteiger charge is 2.20. The second-order valence-electron chi connectivity index (χ2n) is 5.70. The van der Waals surface area contributed by atoms with E-state index in [0.29, 0.717) is 5.92 Å². The lowest BCUT2D eigenvalue weighted by molar-refractivity contribution is -0.122. The van der Waals surface area contributed by atoms with Crippen molar-refractivity contribution >= 4 is 5.91 Å². The van der Waals surface area contributed by atoms with Crippen LogP contribution in [0.4, 0.5) is 8.78 Å². The third kappa shape index (κ3) is 4.74. The molecule has 1 aromatic carbocycles. The number of amides is 1. The normalized spacial score (nSPS) is 16.7. The average molecular weight is 312 g/mol. The van der Waals surface area contributed by atoms with Crippen LogP contribution in [0.5, 0.6) is 0 Å². The van der Waals surface area contributed by atoms with E-state index in [2.05, 4.69) is 5.32 Å². The molecule has 0 atom stereocenters. The Morgan fingerprint density at radius 2 is 1.91 bits per heavy atom. The van der Waals surface area contributed by atoms with Crippen molar-refractivity contribution in [1.29, 1.82) is 0 Å². The standard InChI is InChI=1S/C16H22F2N2O2/c17-14-2-1-3-15(18)13(14)4-7-19-16(22)10-20-8-5-12(11-21)6-9-20/h1-3,12,21H,4-11H2,(H,19,22). The Kier molecular flexibility index (Phi) is 6.27. The summed E-state index contributed by atoms with van der Waals surface area (Å²) in [6.45, 7) is 2.29. The van der Waals surface area contributed by atoms with Gasteiger partial charge in [-0.2, -0.15) is 0 Å². The number of nitrogens with one attached hydrogen (secondary N) is 1. The summed E-state index contributed by atoms with van der Waals surface area (Å²) >= 11 is 0. The second kappa shape index (κ2) is 8.19. The molecule has 1 aliphatic heterocycles. The van der Waals surface area contributed by atoms with Crippen LogP contribution in [0, 0.1) is 17.6 Å². The van der Waals surface area contributed by atoms with E-state index in [1.165, 1.54) is 18.2 Å².